The smallest absolute Gasteiger partial charge is 0.142 e. The minimum atomic E-state index is 0.670. The first-order valence-corrected chi connectivity index (χ1v) is 8.48. The predicted octanol–water partition coefficient (Wildman–Crippen LogP) is 3.72. The fraction of sp³-hybridized carbons (Fsp3) is 0.667. The summed E-state index contributed by atoms with van der Waals surface area (Å²) in [4.78, 5) is 2.56. The highest BCUT2D eigenvalue weighted by molar-refractivity contribution is 5.60. The third-order valence-corrected chi connectivity index (χ3v) is 4.82. The monoisotopic (exact) mass is 288 g/mol. The Bertz CT molecular complexity index is 470. The van der Waals surface area contributed by atoms with Gasteiger partial charge < -0.3 is 15.0 Å². The van der Waals surface area contributed by atoms with Crippen LogP contribution < -0.4 is 15.0 Å². The summed E-state index contributed by atoms with van der Waals surface area (Å²) in [5, 5.41) is 3.57. The van der Waals surface area contributed by atoms with E-state index in [1.54, 1.807) is 7.11 Å². The molecule has 0 spiro atoms. The second-order valence-electron chi connectivity index (χ2n) is 6.41. The van der Waals surface area contributed by atoms with Gasteiger partial charge in [-0.3, -0.25) is 0 Å². The highest BCUT2D eigenvalue weighted by Crippen LogP contribution is 2.34. The lowest BCUT2D eigenvalue weighted by molar-refractivity contribution is 0.402. The Hall–Kier alpha value is -1.22. The molecule has 1 saturated heterocycles. The Morgan fingerprint density at radius 3 is 2.81 bits per heavy atom. The van der Waals surface area contributed by atoms with E-state index in [2.05, 4.69) is 35.3 Å². The molecule has 116 valence electrons. The molecule has 1 N–H and O–H groups in total. The zero-order valence-electron chi connectivity index (χ0n) is 13.4. The lowest BCUT2D eigenvalue weighted by Gasteiger charge is -2.38. The van der Waals surface area contributed by atoms with Crippen molar-refractivity contribution >= 4 is 5.69 Å². The van der Waals surface area contributed by atoms with Gasteiger partial charge in [0, 0.05) is 25.2 Å². The van der Waals surface area contributed by atoms with E-state index < -0.39 is 0 Å². The van der Waals surface area contributed by atoms with E-state index in [0.29, 0.717) is 6.04 Å². The van der Waals surface area contributed by atoms with Gasteiger partial charge >= 0.3 is 0 Å². The topological polar surface area (TPSA) is 24.5 Å². The number of hydrogen-bond acceptors (Lipinski definition) is 3. The Morgan fingerprint density at radius 2 is 2.10 bits per heavy atom. The summed E-state index contributed by atoms with van der Waals surface area (Å²) in [5.74, 6) is 1.03. The summed E-state index contributed by atoms with van der Waals surface area (Å²) in [6.07, 6.45) is 7.85. The Morgan fingerprint density at radius 1 is 1.24 bits per heavy atom. The molecule has 3 heteroatoms. The van der Waals surface area contributed by atoms with Crippen LogP contribution in [0.15, 0.2) is 18.2 Å². The number of methoxy groups -OCH3 is 1. The molecule has 1 atom stereocenters. The average Bonchev–Trinajstić information content (AvgIpc) is 3.37. The summed E-state index contributed by atoms with van der Waals surface area (Å²) >= 11 is 0. The maximum Gasteiger partial charge on any atom is 0.142 e. The number of rotatable bonds is 6. The molecular formula is C18H28N2O. The molecule has 1 unspecified atom stereocenters. The van der Waals surface area contributed by atoms with Crippen LogP contribution in [0.5, 0.6) is 5.75 Å². The summed E-state index contributed by atoms with van der Waals surface area (Å²) in [7, 11) is 1.79. The van der Waals surface area contributed by atoms with Gasteiger partial charge in [0.25, 0.3) is 0 Å². The maximum atomic E-state index is 5.69. The second-order valence-corrected chi connectivity index (χ2v) is 6.41. The van der Waals surface area contributed by atoms with E-state index in [0.717, 1.165) is 24.9 Å². The lowest BCUT2D eigenvalue weighted by atomic mass is 9.98. The minimum absolute atomic E-state index is 0.670. The van der Waals surface area contributed by atoms with Crippen molar-refractivity contribution in [1.29, 1.82) is 0 Å². The molecule has 1 aliphatic heterocycles. The van der Waals surface area contributed by atoms with Gasteiger partial charge in [0.1, 0.15) is 5.75 Å². The first kappa shape index (κ1) is 14.7. The van der Waals surface area contributed by atoms with E-state index in [1.807, 2.05) is 0 Å². The van der Waals surface area contributed by atoms with Crippen molar-refractivity contribution in [2.75, 3.05) is 18.6 Å². The Balaban J connectivity index is 1.76. The third-order valence-electron chi connectivity index (χ3n) is 4.82. The molecule has 2 fully saturated rings. The molecule has 1 aromatic carbocycles. The fourth-order valence-corrected chi connectivity index (χ4v) is 3.36. The first-order valence-electron chi connectivity index (χ1n) is 8.48. The van der Waals surface area contributed by atoms with Crippen molar-refractivity contribution in [2.24, 2.45) is 0 Å². The third kappa shape index (κ3) is 3.52. The summed E-state index contributed by atoms with van der Waals surface area (Å²) < 4.78 is 5.69. The number of nitrogens with zero attached hydrogens (tertiary/aromatic N) is 1. The zero-order valence-corrected chi connectivity index (χ0v) is 13.4. The number of nitrogens with one attached hydrogen (secondary N) is 1. The van der Waals surface area contributed by atoms with Crippen LogP contribution in [0.4, 0.5) is 5.69 Å². The van der Waals surface area contributed by atoms with Crippen LogP contribution in [-0.4, -0.2) is 25.7 Å². The molecule has 3 nitrogen and oxygen atoms in total. The van der Waals surface area contributed by atoms with Crippen molar-refractivity contribution in [3.8, 4) is 5.75 Å². The molecule has 1 saturated carbocycles. The van der Waals surface area contributed by atoms with Gasteiger partial charge in [-0.2, -0.15) is 0 Å². The van der Waals surface area contributed by atoms with Gasteiger partial charge in [-0.1, -0.05) is 13.0 Å². The SMILES string of the molecule is CCC1CCCCN1c1ccc(CNC2CC2)cc1OC. The molecule has 0 bridgehead atoms. The Labute approximate surface area is 128 Å². The number of anilines is 1. The van der Waals surface area contributed by atoms with Crippen LogP contribution in [0.2, 0.25) is 0 Å². The molecule has 1 heterocycles. The van der Waals surface area contributed by atoms with Crippen molar-refractivity contribution in [2.45, 2.75) is 64.1 Å². The van der Waals surface area contributed by atoms with Crippen molar-refractivity contribution in [3.05, 3.63) is 23.8 Å². The Kier molecular flexibility index (Phi) is 4.69. The lowest BCUT2D eigenvalue weighted by Crippen LogP contribution is -2.39. The molecule has 3 rings (SSSR count). The van der Waals surface area contributed by atoms with E-state index in [1.165, 1.54) is 49.8 Å². The van der Waals surface area contributed by atoms with E-state index in [9.17, 15) is 0 Å². The minimum Gasteiger partial charge on any atom is -0.495 e. The molecule has 1 aliphatic carbocycles. The van der Waals surface area contributed by atoms with Crippen molar-refractivity contribution in [1.82, 2.24) is 5.32 Å². The van der Waals surface area contributed by atoms with Gasteiger partial charge in [-0.05, 0) is 56.2 Å². The molecule has 0 radical (unpaired) electrons. The van der Waals surface area contributed by atoms with Gasteiger partial charge in [0.15, 0.2) is 0 Å². The zero-order chi connectivity index (χ0) is 14.7. The maximum absolute atomic E-state index is 5.69. The van der Waals surface area contributed by atoms with Crippen LogP contribution in [0, 0.1) is 0 Å². The highest BCUT2D eigenvalue weighted by atomic mass is 16.5. The molecule has 1 aromatic rings. The first-order chi connectivity index (χ1) is 10.3. The predicted molar refractivity (Wildman–Crippen MR) is 88.1 cm³/mol. The van der Waals surface area contributed by atoms with Crippen LogP contribution in [-0.2, 0) is 6.54 Å². The van der Waals surface area contributed by atoms with E-state index in [4.69, 9.17) is 4.74 Å². The fourth-order valence-electron chi connectivity index (χ4n) is 3.36. The number of piperidine rings is 1. The second kappa shape index (κ2) is 6.69. The average molecular weight is 288 g/mol. The molecule has 0 amide bonds. The van der Waals surface area contributed by atoms with E-state index >= 15 is 0 Å². The van der Waals surface area contributed by atoms with Gasteiger partial charge in [-0.15, -0.1) is 0 Å². The normalized spacial score (nSPS) is 22.4. The van der Waals surface area contributed by atoms with Crippen LogP contribution in [0.3, 0.4) is 0 Å². The van der Waals surface area contributed by atoms with Gasteiger partial charge in [-0.25, -0.2) is 0 Å². The summed E-state index contributed by atoms with van der Waals surface area (Å²) in [6.45, 7) is 4.41. The van der Waals surface area contributed by atoms with Gasteiger partial charge in [0.2, 0.25) is 0 Å². The van der Waals surface area contributed by atoms with Crippen molar-refractivity contribution in [3.63, 3.8) is 0 Å². The van der Waals surface area contributed by atoms with Crippen LogP contribution in [0.25, 0.3) is 0 Å². The number of ether oxygens (including phenoxy) is 1. The number of hydrogen-bond donors (Lipinski definition) is 1. The molecular weight excluding hydrogens is 260 g/mol. The van der Waals surface area contributed by atoms with E-state index in [-0.39, 0.29) is 0 Å². The molecule has 21 heavy (non-hydrogen) atoms. The number of benzene rings is 1. The van der Waals surface area contributed by atoms with Crippen molar-refractivity contribution < 1.29 is 4.74 Å². The van der Waals surface area contributed by atoms with Crippen LogP contribution >= 0.6 is 0 Å². The highest BCUT2D eigenvalue weighted by Gasteiger charge is 2.24. The quantitative estimate of drug-likeness (QED) is 0.863. The van der Waals surface area contributed by atoms with Gasteiger partial charge in [0.05, 0.1) is 12.8 Å². The molecule has 0 aromatic heterocycles. The summed E-state index contributed by atoms with van der Waals surface area (Å²) in [5.41, 5.74) is 2.60. The standard InChI is InChI=1S/C18H28N2O/c1-3-16-6-4-5-11-20(16)17-10-7-14(12-18(17)21-2)13-19-15-8-9-15/h7,10,12,15-16,19H,3-6,8-9,11,13H2,1-2H3. The largest absolute Gasteiger partial charge is 0.495 e. The summed E-state index contributed by atoms with van der Waals surface area (Å²) in [6, 6.07) is 8.16. The van der Waals surface area contributed by atoms with Crippen LogP contribution in [0.1, 0.15) is 51.0 Å². The molecule has 2 aliphatic rings.